The number of rotatable bonds is 9. The molecule has 1 N–H and O–H groups in total. The summed E-state index contributed by atoms with van der Waals surface area (Å²) in [7, 11) is 1.74. The highest BCUT2D eigenvalue weighted by molar-refractivity contribution is 7.89. The van der Waals surface area contributed by atoms with Crippen LogP contribution in [0.1, 0.15) is 18.5 Å². The van der Waals surface area contributed by atoms with Crippen molar-refractivity contribution in [2.75, 3.05) is 34.9 Å². The summed E-state index contributed by atoms with van der Waals surface area (Å²) >= 11 is 5.94. The Morgan fingerprint density at radius 1 is 1.03 bits per heavy atom. The summed E-state index contributed by atoms with van der Waals surface area (Å²) in [5.41, 5.74) is 0.781. The number of halogens is 1. The van der Waals surface area contributed by atoms with Gasteiger partial charge in [0, 0.05) is 12.1 Å². The van der Waals surface area contributed by atoms with Gasteiger partial charge in [-0.25, -0.2) is 8.42 Å². The number of hydrogen-bond acceptors (Lipinski definition) is 6. The van der Waals surface area contributed by atoms with E-state index in [1.807, 2.05) is 0 Å². The number of nitrogens with zero attached hydrogens (tertiary/aromatic N) is 1. The molecule has 0 bridgehead atoms. The molecule has 1 amide bonds. The van der Waals surface area contributed by atoms with Gasteiger partial charge < -0.3 is 19.5 Å². The third kappa shape index (κ3) is 5.35. The lowest BCUT2D eigenvalue weighted by Gasteiger charge is -2.21. The van der Waals surface area contributed by atoms with Gasteiger partial charge in [-0.2, -0.15) is 4.31 Å². The van der Waals surface area contributed by atoms with Crippen LogP contribution in [0.5, 0.6) is 17.2 Å². The molecule has 0 spiro atoms. The van der Waals surface area contributed by atoms with Crippen molar-refractivity contribution < 1.29 is 27.4 Å². The number of benzene rings is 2. The fraction of sp³-hybridized carbons (Fsp3) is 0.350. The smallest absolute Gasteiger partial charge is 0.247 e. The zero-order chi connectivity index (χ0) is 22.5. The minimum Gasteiger partial charge on any atom is -0.495 e. The maximum absolute atomic E-state index is 12.9. The highest BCUT2D eigenvalue weighted by Gasteiger charge is 2.27. The molecule has 2 aromatic carbocycles. The summed E-state index contributed by atoms with van der Waals surface area (Å²) in [6.45, 7) is 1.41. The molecule has 10 heteroatoms. The van der Waals surface area contributed by atoms with Crippen molar-refractivity contribution in [3.05, 3.63) is 47.0 Å². The molecule has 1 unspecified atom stereocenters. The molecule has 8 nitrogen and oxygen atoms in total. The summed E-state index contributed by atoms with van der Waals surface area (Å²) in [5.74, 6) is 0.777. The molecule has 30 heavy (non-hydrogen) atoms. The second-order valence-electron chi connectivity index (χ2n) is 6.46. The van der Waals surface area contributed by atoms with Crippen LogP contribution >= 0.6 is 11.6 Å². The van der Waals surface area contributed by atoms with Gasteiger partial charge in [0.2, 0.25) is 15.9 Å². The molecular weight excluding hydrogens is 432 g/mol. The Bertz CT molecular complexity index is 1010. The number of nitrogens with one attached hydrogen (secondary N) is 1. The number of carbonyl (C=O) groups is 1. The Morgan fingerprint density at radius 2 is 1.63 bits per heavy atom. The molecule has 0 aliphatic heterocycles. The van der Waals surface area contributed by atoms with E-state index >= 15 is 0 Å². The van der Waals surface area contributed by atoms with Crippen LogP contribution in [0.2, 0.25) is 5.02 Å². The van der Waals surface area contributed by atoms with Crippen LogP contribution in [0.3, 0.4) is 0 Å². The van der Waals surface area contributed by atoms with E-state index in [-0.39, 0.29) is 28.3 Å². The molecule has 0 saturated carbocycles. The fourth-order valence-electron chi connectivity index (χ4n) is 2.80. The SMILES string of the molecule is COc1ccc(C(C)NC(=O)CN(C)S(=O)(=O)c2cc(Cl)ccc2OC)cc1OC. The first-order chi connectivity index (χ1) is 14.1. The summed E-state index contributed by atoms with van der Waals surface area (Å²) in [5, 5.41) is 3.03. The Balaban J connectivity index is 2.13. The maximum atomic E-state index is 12.9. The van der Waals surface area contributed by atoms with Crippen LogP contribution < -0.4 is 19.5 Å². The van der Waals surface area contributed by atoms with Crippen LogP contribution in [0.25, 0.3) is 0 Å². The predicted octanol–water partition coefficient (Wildman–Crippen LogP) is 2.86. The van der Waals surface area contributed by atoms with Crippen molar-refractivity contribution in [3.8, 4) is 17.2 Å². The molecule has 164 valence electrons. The number of methoxy groups -OCH3 is 3. The first-order valence-corrected chi connectivity index (χ1v) is 10.8. The quantitative estimate of drug-likeness (QED) is 0.623. The van der Waals surface area contributed by atoms with E-state index < -0.39 is 15.9 Å². The lowest BCUT2D eigenvalue weighted by molar-refractivity contribution is -0.121. The third-order valence-corrected chi connectivity index (χ3v) is 6.52. The lowest BCUT2D eigenvalue weighted by Crippen LogP contribution is -2.39. The molecule has 2 aromatic rings. The van der Waals surface area contributed by atoms with Gasteiger partial charge in [-0.1, -0.05) is 17.7 Å². The molecule has 0 heterocycles. The van der Waals surface area contributed by atoms with Gasteiger partial charge in [0.05, 0.1) is 33.9 Å². The van der Waals surface area contributed by atoms with Crippen LogP contribution in [-0.4, -0.2) is 53.6 Å². The van der Waals surface area contributed by atoms with Crippen molar-refractivity contribution in [1.29, 1.82) is 0 Å². The predicted molar refractivity (Wildman–Crippen MR) is 114 cm³/mol. The normalized spacial score (nSPS) is 12.4. The molecule has 1 atom stereocenters. The van der Waals surface area contributed by atoms with Crippen LogP contribution in [0, 0.1) is 0 Å². The van der Waals surface area contributed by atoms with Crippen molar-refractivity contribution in [3.63, 3.8) is 0 Å². The zero-order valence-electron chi connectivity index (χ0n) is 17.4. The minimum absolute atomic E-state index is 0.110. The standard InChI is InChI=1S/C20H25ClN2O6S/c1-13(14-6-8-16(27-3)18(10-14)29-5)22-20(24)12-23(2)30(25,26)19-11-15(21)7-9-17(19)28-4/h6-11,13H,12H2,1-5H3,(H,22,24). The van der Waals surface area contributed by atoms with Crippen LogP contribution in [0.15, 0.2) is 41.3 Å². The van der Waals surface area contributed by atoms with E-state index in [4.69, 9.17) is 25.8 Å². The second kappa shape index (κ2) is 10.0. The first-order valence-electron chi connectivity index (χ1n) is 8.95. The molecule has 0 aliphatic rings. The maximum Gasteiger partial charge on any atom is 0.247 e. The molecule has 0 saturated heterocycles. The van der Waals surface area contributed by atoms with Crippen molar-refractivity contribution in [1.82, 2.24) is 9.62 Å². The van der Waals surface area contributed by atoms with Gasteiger partial charge in [-0.15, -0.1) is 0 Å². The van der Waals surface area contributed by atoms with E-state index in [1.165, 1.54) is 46.6 Å². The molecular formula is C20H25ClN2O6S. The number of carbonyl (C=O) groups excluding carboxylic acids is 1. The van der Waals surface area contributed by atoms with E-state index in [2.05, 4.69) is 5.32 Å². The van der Waals surface area contributed by atoms with Gasteiger partial charge in [-0.05, 0) is 42.8 Å². The van der Waals surface area contributed by atoms with Gasteiger partial charge in [-0.3, -0.25) is 4.79 Å². The molecule has 0 aromatic heterocycles. The molecule has 0 fully saturated rings. The number of hydrogen-bond donors (Lipinski definition) is 1. The second-order valence-corrected chi connectivity index (χ2v) is 8.91. The molecule has 0 radical (unpaired) electrons. The topological polar surface area (TPSA) is 94.2 Å². The molecule has 2 rings (SSSR count). The Labute approximate surface area is 181 Å². The first kappa shape index (κ1) is 23.8. The average Bonchev–Trinajstić information content (AvgIpc) is 2.72. The number of sulfonamides is 1. The van der Waals surface area contributed by atoms with Gasteiger partial charge in [0.15, 0.2) is 11.5 Å². The Morgan fingerprint density at radius 3 is 2.23 bits per heavy atom. The summed E-state index contributed by atoms with van der Waals surface area (Å²) in [4.78, 5) is 12.4. The van der Waals surface area contributed by atoms with Crippen molar-refractivity contribution in [2.45, 2.75) is 17.9 Å². The van der Waals surface area contributed by atoms with E-state index in [1.54, 1.807) is 25.1 Å². The van der Waals surface area contributed by atoms with E-state index in [9.17, 15) is 13.2 Å². The van der Waals surface area contributed by atoms with E-state index in [0.717, 1.165) is 9.87 Å². The van der Waals surface area contributed by atoms with Crippen molar-refractivity contribution in [2.24, 2.45) is 0 Å². The Hall–Kier alpha value is -2.49. The Kier molecular flexibility index (Phi) is 7.94. The van der Waals surface area contributed by atoms with E-state index in [0.29, 0.717) is 11.5 Å². The highest BCUT2D eigenvalue weighted by atomic mass is 35.5. The number of amides is 1. The van der Waals surface area contributed by atoms with Crippen molar-refractivity contribution >= 4 is 27.5 Å². The van der Waals surface area contributed by atoms with Gasteiger partial charge >= 0.3 is 0 Å². The number of likely N-dealkylation sites (N-methyl/N-ethyl adjacent to an activating group) is 1. The third-order valence-electron chi connectivity index (χ3n) is 4.47. The van der Waals surface area contributed by atoms with Gasteiger partial charge in [0.1, 0.15) is 10.6 Å². The fourth-order valence-corrected chi connectivity index (χ4v) is 4.34. The summed E-state index contributed by atoms with van der Waals surface area (Å²) < 4.78 is 42.3. The number of ether oxygens (including phenoxy) is 3. The lowest BCUT2D eigenvalue weighted by atomic mass is 10.1. The highest BCUT2D eigenvalue weighted by Crippen LogP contribution is 2.30. The van der Waals surface area contributed by atoms with Gasteiger partial charge in [0.25, 0.3) is 0 Å². The summed E-state index contributed by atoms with van der Waals surface area (Å²) in [6, 6.07) is 9.17. The average molecular weight is 457 g/mol. The van der Waals surface area contributed by atoms with Crippen LogP contribution in [0.4, 0.5) is 0 Å². The molecule has 0 aliphatic carbocycles. The monoisotopic (exact) mass is 456 g/mol. The largest absolute Gasteiger partial charge is 0.495 e. The van der Waals surface area contributed by atoms with Crippen LogP contribution in [-0.2, 0) is 14.8 Å². The summed E-state index contributed by atoms with van der Waals surface area (Å²) in [6.07, 6.45) is 0. The minimum atomic E-state index is -3.99. The zero-order valence-corrected chi connectivity index (χ0v) is 19.0.